The number of ether oxygens (including phenoxy) is 3. The molecule has 0 fully saturated rings. The Balaban J connectivity index is 2.08. The van der Waals surface area contributed by atoms with E-state index in [-0.39, 0.29) is 6.10 Å². The first-order valence-electron chi connectivity index (χ1n) is 6.75. The van der Waals surface area contributed by atoms with Gasteiger partial charge in [0.15, 0.2) is 11.5 Å². The van der Waals surface area contributed by atoms with Crippen molar-refractivity contribution < 1.29 is 14.2 Å². The third kappa shape index (κ3) is 2.25. The Labute approximate surface area is 119 Å². The summed E-state index contributed by atoms with van der Waals surface area (Å²) in [5.74, 6) is 1.53. The molecule has 0 aliphatic carbocycles. The molecule has 1 aliphatic rings. The second-order valence-corrected chi connectivity index (χ2v) is 4.82. The van der Waals surface area contributed by atoms with Crippen molar-refractivity contribution in [2.45, 2.75) is 12.5 Å². The first-order valence-corrected chi connectivity index (χ1v) is 6.75. The van der Waals surface area contributed by atoms with E-state index in [4.69, 9.17) is 14.2 Å². The van der Waals surface area contributed by atoms with Crippen LogP contribution >= 0.6 is 0 Å². The van der Waals surface area contributed by atoms with Gasteiger partial charge in [0.1, 0.15) is 6.10 Å². The molecule has 20 heavy (non-hydrogen) atoms. The third-order valence-corrected chi connectivity index (χ3v) is 3.69. The molecule has 0 amide bonds. The average molecular weight is 270 g/mol. The highest BCUT2D eigenvalue weighted by molar-refractivity contribution is 5.50. The smallest absolute Gasteiger partial charge is 0.161 e. The minimum atomic E-state index is -0.0280. The molecule has 3 rings (SSSR count). The van der Waals surface area contributed by atoms with E-state index in [1.807, 2.05) is 24.3 Å². The molecule has 0 saturated heterocycles. The molecule has 0 bridgehead atoms. The van der Waals surface area contributed by atoms with E-state index in [2.05, 4.69) is 18.2 Å². The van der Waals surface area contributed by atoms with Gasteiger partial charge in [0, 0.05) is 0 Å². The fourth-order valence-corrected chi connectivity index (χ4v) is 2.68. The van der Waals surface area contributed by atoms with Gasteiger partial charge < -0.3 is 14.2 Å². The van der Waals surface area contributed by atoms with Crippen molar-refractivity contribution in [3.05, 3.63) is 59.2 Å². The van der Waals surface area contributed by atoms with Crippen molar-refractivity contribution in [2.24, 2.45) is 0 Å². The Hall–Kier alpha value is -2.00. The molecule has 3 nitrogen and oxygen atoms in total. The summed E-state index contributed by atoms with van der Waals surface area (Å²) < 4.78 is 16.8. The minimum absolute atomic E-state index is 0.0280. The summed E-state index contributed by atoms with van der Waals surface area (Å²) in [4.78, 5) is 0. The van der Waals surface area contributed by atoms with Crippen molar-refractivity contribution in [1.29, 1.82) is 0 Å². The minimum Gasteiger partial charge on any atom is -0.493 e. The zero-order chi connectivity index (χ0) is 13.9. The molecule has 1 aliphatic heterocycles. The van der Waals surface area contributed by atoms with Crippen LogP contribution in [-0.2, 0) is 11.2 Å². The van der Waals surface area contributed by atoms with Crippen LogP contribution in [0.1, 0.15) is 22.8 Å². The quantitative estimate of drug-likeness (QED) is 0.856. The number of rotatable bonds is 3. The summed E-state index contributed by atoms with van der Waals surface area (Å²) in [7, 11) is 3.32. The van der Waals surface area contributed by atoms with Gasteiger partial charge in [-0.15, -0.1) is 0 Å². The van der Waals surface area contributed by atoms with Gasteiger partial charge in [0.25, 0.3) is 0 Å². The van der Waals surface area contributed by atoms with Gasteiger partial charge in [-0.1, -0.05) is 30.3 Å². The Morgan fingerprint density at radius 3 is 2.40 bits per heavy atom. The molecular weight excluding hydrogens is 252 g/mol. The maximum absolute atomic E-state index is 5.97. The zero-order valence-corrected chi connectivity index (χ0v) is 11.8. The summed E-state index contributed by atoms with van der Waals surface area (Å²) in [6, 6.07) is 14.4. The van der Waals surface area contributed by atoms with Gasteiger partial charge in [-0.05, 0) is 35.2 Å². The molecule has 0 N–H and O–H groups in total. The molecule has 2 aromatic carbocycles. The summed E-state index contributed by atoms with van der Waals surface area (Å²) >= 11 is 0. The second-order valence-electron chi connectivity index (χ2n) is 4.82. The van der Waals surface area contributed by atoms with Gasteiger partial charge in [-0.3, -0.25) is 0 Å². The van der Waals surface area contributed by atoms with Crippen molar-refractivity contribution in [3.63, 3.8) is 0 Å². The lowest BCUT2D eigenvalue weighted by molar-refractivity contribution is 0.0695. The van der Waals surface area contributed by atoms with Crippen molar-refractivity contribution in [1.82, 2.24) is 0 Å². The Bertz CT molecular complexity index is 593. The molecule has 0 saturated carbocycles. The SMILES string of the molecule is COc1cc2c(cc1OC)[C@@H](c1ccccc1)OCC2. The highest BCUT2D eigenvalue weighted by atomic mass is 16.5. The van der Waals surface area contributed by atoms with E-state index >= 15 is 0 Å². The molecule has 0 aromatic heterocycles. The second kappa shape index (κ2) is 5.55. The Morgan fingerprint density at radius 1 is 1.00 bits per heavy atom. The van der Waals surface area contributed by atoms with Crippen LogP contribution in [0.4, 0.5) is 0 Å². The van der Waals surface area contributed by atoms with Crippen LogP contribution in [0.2, 0.25) is 0 Å². The first kappa shape index (κ1) is 13.0. The van der Waals surface area contributed by atoms with E-state index in [1.165, 1.54) is 16.7 Å². The van der Waals surface area contributed by atoms with Crippen molar-refractivity contribution in [3.8, 4) is 11.5 Å². The molecule has 0 radical (unpaired) electrons. The van der Waals surface area contributed by atoms with Gasteiger partial charge in [-0.25, -0.2) is 0 Å². The lowest BCUT2D eigenvalue weighted by Gasteiger charge is -2.27. The number of hydrogen-bond acceptors (Lipinski definition) is 3. The summed E-state index contributed by atoms with van der Waals surface area (Å²) in [5, 5.41) is 0. The van der Waals surface area contributed by atoms with Crippen LogP contribution in [0.3, 0.4) is 0 Å². The fourth-order valence-electron chi connectivity index (χ4n) is 2.68. The van der Waals surface area contributed by atoms with Crippen LogP contribution in [0.5, 0.6) is 11.5 Å². The van der Waals surface area contributed by atoms with Gasteiger partial charge in [0.05, 0.1) is 20.8 Å². The Morgan fingerprint density at radius 2 is 1.70 bits per heavy atom. The normalized spacial score (nSPS) is 17.4. The predicted octanol–water partition coefficient (Wildman–Crippen LogP) is 3.37. The lowest BCUT2D eigenvalue weighted by atomic mass is 9.92. The van der Waals surface area contributed by atoms with Crippen molar-refractivity contribution in [2.75, 3.05) is 20.8 Å². The molecule has 0 spiro atoms. The molecule has 2 aromatic rings. The van der Waals surface area contributed by atoms with Gasteiger partial charge >= 0.3 is 0 Å². The molecule has 3 heteroatoms. The summed E-state index contributed by atoms with van der Waals surface area (Å²) in [5.41, 5.74) is 3.60. The topological polar surface area (TPSA) is 27.7 Å². The maximum atomic E-state index is 5.97. The van der Waals surface area contributed by atoms with Gasteiger partial charge in [0.2, 0.25) is 0 Å². The Kier molecular flexibility index (Phi) is 3.61. The standard InChI is InChI=1S/C17H18O3/c1-18-15-10-13-8-9-20-17(12-6-4-3-5-7-12)14(13)11-16(15)19-2/h3-7,10-11,17H,8-9H2,1-2H3/t17-/m1/s1. The van der Waals surface area contributed by atoms with E-state index in [0.29, 0.717) is 0 Å². The summed E-state index contributed by atoms with van der Waals surface area (Å²) in [6.45, 7) is 0.724. The van der Waals surface area contributed by atoms with Crippen LogP contribution in [-0.4, -0.2) is 20.8 Å². The summed E-state index contributed by atoms with van der Waals surface area (Å²) in [6.07, 6.45) is 0.874. The highest BCUT2D eigenvalue weighted by Gasteiger charge is 2.24. The van der Waals surface area contributed by atoms with Crippen LogP contribution in [0, 0.1) is 0 Å². The van der Waals surface area contributed by atoms with E-state index in [9.17, 15) is 0 Å². The van der Waals surface area contributed by atoms with Crippen LogP contribution in [0.25, 0.3) is 0 Å². The maximum Gasteiger partial charge on any atom is 0.161 e. The van der Waals surface area contributed by atoms with Crippen LogP contribution in [0.15, 0.2) is 42.5 Å². The van der Waals surface area contributed by atoms with Crippen LogP contribution < -0.4 is 9.47 Å². The molecule has 104 valence electrons. The molecule has 1 atom stereocenters. The monoisotopic (exact) mass is 270 g/mol. The molecule has 0 unspecified atom stereocenters. The van der Waals surface area contributed by atoms with E-state index < -0.39 is 0 Å². The zero-order valence-electron chi connectivity index (χ0n) is 11.8. The van der Waals surface area contributed by atoms with Gasteiger partial charge in [-0.2, -0.15) is 0 Å². The fraction of sp³-hybridized carbons (Fsp3) is 0.294. The number of hydrogen-bond donors (Lipinski definition) is 0. The number of benzene rings is 2. The van der Waals surface area contributed by atoms with E-state index in [0.717, 1.165) is 24.5 Å². The third-order valence-electron chi connectivity index (χ3n) is 3.69. The number of fused-ring (bicyclic) bond motifs is 1. The van der Waals surface area contributed by atoms with E-state index in [1.54, 1.807) is 14.2 Å². The lowest BCUT2D eigenvalue weighted by Crippen LogP contribution is -2.17. The number of methoxy groups -OCH3 is 2. The highest BCUT2D eigenvalue weighted by Crippen LogP contribution is 2.39. The molecule has 1 heterocycles. The first-order chi connectivity index (χ1) is 9.83. The average Bonchev–Trinajstić information content (AvgIpc) is 2.53. The molecular formula is C17H18O3. The van der Waals surface area contributed by atoms with Crippen molar-refractivity contribution >= 4 is 0 Å². The largest absolute Gasteiger partial charge is 0.493 e. The predicted molar refractivity (Wildman–Crippen MR) is 77.5 cm³/mol.